The average Bonchev–Trinajstić information content (AvgIpc) is 3.70. The first-order chi connectivity index (χ1) is 19.6. The molecule has 202 valence electrons. The molecule has 40 heavy (non-hydrogen) atoms. The molecule has 2 aromatic heterocycles. The molecule has 0 radical (unpaired) electrons. The summed E-state index contributed by atoms with van der Waals surface area (Å²) < 4.78 is 6.83. The number of hydrogen-bond donors (Lipinski definition) is 1. The van der Waals surface area contributed by atoms with E-state index in [4.69, 9.17) is 4.74 Å². The van der Waals surface area contributed by atoms with Gasteiger partial charge in [-0.25, -0.2) is 4.79 Å². The predicted octanol–water partition coefficient (Wildman–Crippen LogP) is 4.88. The van der Waals surface area contributed by atoms with Crippen LogP contribution in [0.3, 0.4) is 0 Å². The second-order valence-corrected chi connectivity index (χ2v) is 13.0. The number of nitrogens with zero attached hydrogens (tertiary/aromatic N) is 3. The zero-order valence-electron chi connectivity index (χ0n) is 20.8. The van der Waals surface area contributed by atoms with Crippen molar-refractivity contribution in [2.75, 3.05) is 5.75 Å². The summed E-state index contributed by atoms with van der Waals surface area (Å²) in [7, 11) is 0. The van der Waals surface area contributed by atoms with Crippen molar-refractivity contribution in [3.63, 3.8) is 0 Å². The molecule has 2 amide bonds. The standard InChI is InChI=1S/C28H22N4O4S4/c33-21(13-17-11-12-37-14-17)30-22-25(34)32-23(20(15-38-26(22)32)40-28-31-29-16-39-28)27(35)36-24(18-7-3-1-4-8-18)19-9-5-2-6-10-19/h1-12,14,16,22,24,26H,13,15H2,(H,30,33)/t22-,26-/m1/s1. The Bertz CT molecular complexity index is 1490. The number of nitrogens with one attached hydrogen (secondary N) is 1. The van der Waals surface area contributed by atoms with Crippen LogP contribution in [-0.4, -0.2) is 50.0 Å². The number of esters is 1. The van der Waals surface area contributed by atoms with Crippen LogP contribution < -0.4 is 5.32 Å². The van der Waals surface area contributed by atoms with Crippen molar-refractivity contribution in [3.8, 4) is 0 Å². The van der Waals surface area contributed by atoms with Gasteiger partial charge in [-0.15, -0.1) is 22.0 Å². The molecule has 0 aliphatic carbocycles. The van der Waals surface area contributed by atoms with Gasteiger partial charge in [-0.3, -0.25) is 14.5 Å². The highest BCUT2D eigenvalue weighted by Gasteiger charge is 2.55. The fourth-order valence-electron chi connectivity index (χ4n) is 4.52. The summed E-state index contributed by atoms with van der Waals surface area (Å²) in [6, 6.07) is 20.2. The van der Waals surface area contributed by atoms with E-state index < -0.39 is 23.5 Å². The van der Waals surface area contributed by atoms with E-state index in [2.05, 4.69) is 15.5 Å². The number of carbonyl (C=O) groups is 3. The lowest BCUT2D eigenvalue weighted by Crippen LogP contribution is -2.70. The number of ether oxygens (including phenoxy) is 1. The zero-order chi connectivity index (χ0) is 27.5. The lowest BCUT2D eigenvalue weighted by atomic mass is 10.0. The number of β-lactam (4-membered cyclic amide) rings is 1. The number of thioether (sulfide) groups is 2. The summed E-state index contributed by atoms with van der Waals surface area (Å²) in [6.07, 6.45) is -0.468. The number of fused-ring (bicyclic) bond motifs is 1. The van der Waals surface area contributed by atoms with Crippen LogP contribution in [0.15, 0.2) is 97.9 Å². The van der Waals surface area contributed by atoms with Crippen LogP contribution in [0.5, 0.6) is 0 Å². The Morgan fingerprint density at radius 3 is 2.42 bits per heavy atom. The minimum Gasteiger partial charge on any atom is -0.448 e. The van der Waals surface area contributed by atoms with Crippen molar-refractivity contribution in [2.24, 2.45) is 0 Å². The molecule has 2 atom stereocenters. The Morgan fingerprint density at radius 2 is 1.80 bits per heavy atom. The molecular formula is C28H22N4O4S4. The van der Waals surface area contributed by atoms with Crippen LogP contribution in [0.2, 0.25) is 0 Å². The van der Waals surface area contributed by atoms with Gasteiger partial charge in [-0.2, -0.15) is 11.3 Å². The third kappa shape index (κ3) is 5.57. The van der Waals surface area contributed by atoms with Crippen molar-refractivity contribution < 1.29 is 19.1 Å². The van der Waals surface area contributed by atoms with Gasteiger partial charge in [0.2, 0.25) is 5.91 Å². The van der Waals surface area contributed by atoms with E-state index in [9.17, 15) is 14.4 Å². The van der Waals surface area contributed by atoms with Gasteiger partial charge in [0, 0.05) is 10.7 Å². The molecule has 8 nitrogen and oxygen atoms in total. The highest BCUT2D eigenvalue weighted by Crippen LogP contribution is 2.46. The SMILES string of the molecule is O=C(Cc1ccsc1)N[C@@H]1C(=O)N2C(C(=O)OC(c3ccccc3)c3ccccc3)=C(Sc3nncs3)CS[C@H]12. The molecule has 12 heteroatoms. The molecule has 4 aromatic rings. The fraction of sp³-hybridized carbons (Fsp3) is 0.179. The summed E-state index contributed by atoms with van der Waals surface area (Å²) in [5.74, 6) is -0.714. The summed E-state index contributed by atoms with van der Waals surface area (Å²) in [5, 5.41) is 14.3. The number of benzene rings is 2. The number of thiophene rings is 1. The van der Waals surface area contributed by atoms with E-state index in [0.717, 1.165) is 16.7 Å². The van der Waals surface area contributed by atoms with Crippen LogP contribution >= 0.6 is 46.2 Å². The number of hydrogen-bond acceptors (Lipinski definition) is 10. The molecule has 0 unspecified atom stereocenters. The van der Waals surface area contributed by atoms with Crippen LogP contribution in [-0.2, 0) is 25.5 Å². The van der Waals surface area contributed by atoms with Crippen molar-refractivity contribution in [1.29, 1.82) is 0 Å². The topological polar surface area (TPSA) is 101 Å². The first-order valence-corrected chi connectivity index (χ1v) is 16.0. The summed E-state index contributed by atoms with van der Waals surface area (Å²) >= 11 is 5.68. The van der Waals surface area contributed by atoms with E-state index in [0.29, 0.717) is 15.0 Å². The molecular weight excluding hydrogens is 585 g/mol. The minimum absolute atomic E-state index is 0.189. The maximum absolute atomic E-state index is 14.0. The smallest absolute Gasteiger partial charge is 0.356 e. The van der Waals surface area contributed by atoms with E-state index in [1.807, 2.05) is 77.5 Å². The van der Waals surface area contributed by atoms with Gasteiger partial charge in [0.1, 0.15) is 22.6 Å². The third-order valence-corrected chi connectivity index (χ3v) is 10.4. The molecule has 6 rings (SSSR count). The van der Waals surface area contributed by atoms with E-state index in [-0.39, 0.29) is 23.9 Å². The first-order valence-electron chi connectivity index (χ1n) is 12.3. The Morgan fingerprint density at radius 1 is 1.07 bits per heavy atom. The van der Waals surface area contributed by atoms with Gasteiger partial charge in [-0.05, 0) is 33.5 Å². The first kappa shape index (κ1) is 26.8. The Labute approximate surface area is 246 Å². The highest BCUT2D eigenvalue weighted by molar-refractivity contribution is 8.07. The molecule has 0 bridgehead atoms. The van der Waals surface area contributed by atoms with Crippen molar-refractivity contribution in [2.45, 2.75) is 28.3 Å². The van der Waals surface area contributed by atoms with Gasteiger partial charge in [-0.1, -0.05) is 83.8 Å². The molecule has 4 heterocycles. The molecule has 2 aromatic carbocycles. The zero-order valence-corrected chi connectivity index (χ0v) is 24.1. The molecule has 2 aliphatic heterocycles. The van der Waals surface area contributed by atoms with Crippen LogP contribution in [0.4, 0.5) is 0 Å². The minimum atomic E-state index is -0.717. The number of amides is 2. The normalized spacial score (nSPS) is 18.3. The van der Waals surface area contributed by atoms with Crippen LogP contribution in [0, 0.1) is 0 Å². The van der Waals surface area contributed by atoms with Crippen molar-refractivity contribution in [1.82, 2.24) is 20.4 Å². The average molecular weight is 607 g/mol. The third-order valence-electron chi connectivity index (χ3n) is 6.37. The van der Waals surface area contributed by atoms with Crippen molar-refractivity contribution >= 4 is 64.0 Å². The monoisotopic (exact) mass is 606 g/mol. The lowest BCUT2D eigenvalue weighted by molar-refractivity contribution is -0.154. The molecule has 2 aliphatic rings. The number of carbonyl (C=O) groups excluding carboxylic acids is 3. The summed E-state index contributed by atoms with van der Waals surface area (Å²) in [6.45, 7) is 0. The molecule has 0 spiro atoms. The van der Waals surface area contributed by atoms with Crippen LogP contribution in [0.1, 0.15) is 22.8 Å². The lowest BCUT2D eigenvalue weighted by Gasteiger charge is -2.49. The molecule has 1 fully saturated rings. The number of aromatic nitrogens is 2. The van der Waals surface area contributed by atoms with Gasteiger partial charge in [0.15, 0.2) is 10.4 Å². The highest BCUT2D eigenvalue weighted by atomic mass is 32.2. The Hall–Kier alpha value is -3.45. The van der Waals surface area contributed by atoms with Gasteiger partial charge < -0.3 is 10.1 Å². The Kier molecular flexibility index (Phi) is 8.00. The van der Waals surface area contributed by atoms with E-state index >= 15 is 0 Å². The quantitative estimate of drug-likeness (QED) is 0.213. The van der Waals surface area contributed by atoms with Gasteiger partial charge >= 0.3 is 5.97 Å². The Balaban J connectivity index is 1.28. The van der Waals surface area contributed by atoms with Crippen molar-refractivity contribution in [3.05, 3.63) is 110 Å². The molecule has 1 N–H and O–H groups in total. The summed E-state index contributed by atoms with van der Waals surface area (Å²) in [5.41, 5.74) is 4.34. The maximum atomic E-state index is 14.0. The fourth-order valence-corrected chi connectivity index (χ4v) is 8.30. The predicted molar refractivity (Wildman–Crippen MR) is 157 cm³/mol. The summed E-state index contributed by atoms with van der Waals surface area (Å²) in [4.78, 5) is 42.2. The largest absolute Gasteiger partial charge is 0.448 e. The second kappa shape index (κ2) is 12.0. The second-order valence-electron chi connectivity index (χ2n) is 8.95. The van der Waals surface area contributed by atoms with E-state index in [1.54, 1.807) is 5.51 Å². The maximum Gasteiger partial charge on any atom is 0.356 e. The van der Waals surface area contributed by atoms with Gasteiger partial charge in [0.05, 0.1) is 6.42 Å². The number of rotatable bonds is 9. The van der Waals surface area contributed by atoms with E-state index in [1.165, 1.54) is 51.1 Å². The van der Waals surface area contributed by atoms with Crippen LogP contribution in [0.25, 0.3) is 0 Å². The molecule has 0 saturated carbocycles. The molecule has 1 saturated heterocycles. The van der Waals surface area contributed by atoms with Gasteiger partial charge in [0.25, 0.3) is 5.91 Å².